The monoisotopic (exact) mass is 545 g/mol. The van der Waals surface area contributed by atoms with E-state index in [-0.39, 0.29) is 6.10 Å². The van der Waals surface area contributed by atoms with Gasteiger partial charge >= 0.3 is 0 Å². The molecule has 0 bridgehead atoms. The first-order valence-corrected chi connectivity index (χ1v) is 13.7. The smallest absolute Gasteiger partial charge is 0.264 e. The zero-order valence-corrected chi connectivity index (χ0v) is 23.0. The Balaban J connectivity index is 1.56. The van der Waals surface area contributed by atoms with Crippen molar-refractivity contribution in [2.24, 2.45) is 0 Å². The molecule has 0 atom stereocenters. The summed E-state index contributed by atoms with van der Waals surface area (Å²) in [6.45, 7) is 5.55. The third kappa shape index (κ3) is 6.76. The Morgan fingerprint density at radius 2 is 1.74 bits per heavy atom. The summed E-state index contributed by atoms with van der Waals surface area (Å²) in [5, 5.41) is 0.790. The average Bonchev–Trinajstić information content (AvgIpc) is 2.98. The van der Waals surface area contributed by atoms with Gasteiger partial charge in [0.15, 0.2) is 23.1 Å². The van der Waals surface area contributed by atoms with Gasteiger partial charge < -0.3 is 23.7 Å². The van der Waals surface area contributed by atoms with Gasteiger partial charge in [-0.2, -0.15) is 4.98 Å². The molecule has 4 aromatic rings. The lowest BCUT2D eigenvalue weighted by Crippen LogP contribution is -2.26. The molecule has 0 unspecified atom stereocenters. The Kier molecular flexibility index (Phi) is 8.75. The van der Waals surface area contributed by atoms with E-state index in [1.165, 1.54) is 17.5 Å². The molecule has 0 saturated carbocycles. The predicted octanol–water partition coefficient (Wildman–Crippen LogP) is 6.53. The Morgan fingerprint density at radius 1 is 0.974 bits per heavy atom. The van der Waals surface area contributed by atoms with Crippen molar-refractivity contribution in [1.29, 1.82) is 0 Å². The number of rotatable bonds is 10. The summed E-state index contributed by atoms with van der Waals surface area (Å²) in [5.41, 5.74) is 1.98. The second kappa shape index (κ2) is 12.8. The van der Waals surface area contributed by atoms with Crippen LogP contribution < -0.4 is 18.9 Å². The molecule has 5 rings (SSSR count). The minimum absolute atomic E-state index is 0.0651. The number of benzene rings is 1. The van der Waals surface area contributed by atoms with Crippen molar-refractivity contribution in [2.45, 2.75) is 43.7 Å². The fourth-order valence-corrected chi connectivity index (χ4v) is 4.54. The summed E-state index contributed by atoms with van der Waals surface area (Å²) < 4.78 is 27.3. The molecule has 0 amide bonds. The molecule has 202 valence electrons. The van der Waals surface area contributed by atoms with Gasteiger partial charge in [0, 0.05) is 48.9 Å². The second-order valence-corrected chi connectivity index (χ2v) is 10.1. The number of hydrogen-bond acceptors (Lipinski definition) is 10. The van der Waals surface area contributed by atoms with E-state index in [9.17, 15) is 0 Å². The second-order valence-electron chi connectivity index (χ2n) is 9.24. The molecule has 0 radical (unpaired) electrons. The highest BCUT2D eigenvalue weighted by molar-refractivity contribution is 8.00. The van der Waals surface area contributed by atoms with Crippen LogP contribution in [0.3, 0.4) is 0 Å². The minimum atomic E-state index is -0.0651. The lowest BCUT2D eigenvalue weighted by Gasteiger charge is -2.25. The highest BCUT2D eigenvalue weighted by atomic mass is 32.2. The van der Waals surface area contributed by atoms with E-state index >= 15 is 0 Å². The molecule has 1 saturated heterocycles. The van der Waals surface area contributed by atoms with E-state index in [0.29, 0.717) is 53.9 Å². The number of anilines is 1. The highest BCUT2D eigenvalue weighted by Crippen LogP contribution is 2.42. The maximum atomic E-state index is 6.45. The normalized spacial score (nSPS) is 13.7. The zero-order chi connectivity index (χ0) is 27.0. The van der Waals surface area contributed by atoms with Crippen LogP contribution >= 0.6 is 11.9 Å². The van der Waals surface area contributed by atoms with Crippen LogP contribution in [-0.4, -0.2) is 46.4 Å². The van der Waals surface area contributed by atoms with Gasteiger partial charge in [-0.3, -0.25) is 4.98 Å². The van der Waals surface area contributed by atoms with Gasteiger partial charge in [-0.25, -0.2) is 9.97 Å². The topological polar surface area (TPSA) is 101 Å². The summed E-state index contributed by atoms with van der Waals surface area (Å²) in [4.78, 5) is 18.4. The quantitative estimate of drug-likeness (QED) is 0.221. The molecular formula is C29H31N5O4S. The molecule has 1 aliphatic heterocycles. The molecule has 3 aromatic heterocycles. The summed E-state index contributed by atoms with van der Waals surface area (Å²) >= 11 is 1.34. The fraction of sp³-hybridized carbons (Fsp3) is 0.310. The maximum Gasteiger partial charge on any atom is 0.264 e. The van der Waals surface area contributed by atoms with Crippen LogP contribution in [0.15, 0.2) is 72.1 Å². The van der Waals surface area contributed by atoms with Gasteiger partial charge in [-0.15, -0.1) is 0 Å². The van der Waals surface area contributed by atoms with Crippen molar-refractivity contribution in [3.8, 4) is 34.5 Å². The number of ether oxygens (including phenoxy) is 4. The molecule has 1 aliphatic rings. The molecule has 0 spiro atoms. The van der Waals surface area contributed by atoms with E-state index in [2.05, 4.69) is 34.6 Å². The third-order valence-electron chi connectivity index (χ3n) is 6.18. The van der Waals surface area contributed by atoms with Gasteiger partial charge in [0.2, 0.25) is 5.75 Å². The summed E-state index contributed by atoms with van der Waals surface area (Å²) in [6.07, 6.45) is 6.75. The summed E-state index contributed by atoms with van der Waals surface area (Å²) in [7, 11) is 1.60. The van der Waals surface area contributed by atoms with Crippen LogP contribution in [-0.2, 0) is 4.74 Å². The first-order valence-electron chi connectivity index (χ1n) is 12.9. The van der Waals surface area contributed by atoms with Crippen LogP contribution in [0.25, 0.3) is 11.4 Å². The van der Waals surface area contributed by atoms with E-state index in [1.807, 2.05) is 48.7 Å². The Morgan fingerprint density at radius 3 is 2.44 bits per heavy atom. The van der Waals surface area contributed by atoms with Crippen molar-refractivity contribution in [3.05, 3.63) is 72.7 Å². The number of hydrogen-bond donors (Lipinski definition) is 1. The van der Waals surface area contributed by atoms with Crippen LogP contribution in [0.5, 0.6) is 23.1 Å². The molecule has 0 aliphatic carbocycles. The number of nitrogens with one attached hydrogen (secondary N) is 1. The Bertz CT molecular complexity index is 1370. The largest absolute Gasteiger partial charge is 0.493 e. The molecule has 1 N–H and O–H groups in total. The van der Waals surface area contributed by atoms with Gasteiger partial charge in [0.1, 0.15) is 11.1 Å². The van der Waals surface area contributed by atoms with Crippen LogP contribution in [0.4, 0.5) is 5.82 Å². The van der Waals surface area contributed by atoms with E-state index < -0.39 is 0 Å². The van der Waals surface area contributed by atoms with Crippen molar-refractivity contribution >= 4 is 17.8 Å². The van der Waals surface area contributed by atoms with Gasteiger partial charge in [0.25, 0.3) is 5.88 Å². The first kappa shape index (κ1) is 26.7. The SMILES string of the molecule is COc1ccccc1Oc1c(NSc2ccc(C(C)C)cn2)nc(-c2ccncc2)nc1OC1CCOCC1. The minimum Gasteiger partial charge on any atom is -0.493 e. The summed E-state index contributed by atoms with van der Waals surface area (Å²) in [6, 6.07) is 15.2. The summed E-state index contributed by atoms with van der Waals surface area (Å²) in [5.74, 6) is 3.13. The predicted molar refractivity (Wildman–Crippen MR) is 151 cm³/mol. The molecule has 1 fully saturated rings. The Hall–Kier alpha value is -3.89. The third-order valence-corrected chi connectivity index (χ3v) is 6.92. The first-order chi connectivity index (χ1) is 19.1. The number of para-hydroxylation sites is 2. The van der Waals surface area contributed by atoms with Crippen molar-refractivity contribution in [3.63, 3.8) is 0 Å². The standard InChI is InChI=1S/C29H31N5O4S/c1-19(2)21-8-9-25(31-18-21)39-34-28-26(38-24-7-5-4-6-23(24)35-3)29(37-22-12-16-36-17-13-22)33-27(32-28)20-10-14-30-15-11-20/h4-11,14-15,18-19,22H,12-13,16-17H2,1-3H3,(H,32,33,34). The Labute approximate surface area is 232 Å². The van der Waals surface area contributed by atoms with Crippen LogP contribution in [0, 0.1) is 0 Å². The number of pyridine rings is 2. The van der Waals surface area contributed by atoms with Crippen LogP contribution in [0.1, 0.15) is 38.2 Å². The van der Waals surface area contributed by atoms with Gasteiger partial charge in [-0.05, 0) is 41.8 Å². The zero-order valence-electron chi connectivity index (χ0n) is 22.2. The lowest BCUT2D eigenvalue weighted by molar-refractivity contribution is 0.0228. The molecular weight excluding hydrogens is 514 g/mol. The fourth-order valence-electron chi connectivity index (χ4n) is 3.96. The van der Waals surface area contributed by atoms with Crippen molar-refractivity contribution in [2.75, 3.05) is 25.0 Å². The van der Waals surface area contributed by atoms with Crippen molar-refractivity contribution < 1.29 is 18.9 Å². The molecule has 1 aromatic carbocycles. The van der Waals surface area contributed by atoms with Crippen molar-refractivity contribution in [1.82, 2.24) is 19.9 Å². The molecule has 39 heavy (non-hydrogen) atoms. The van der Waals surface area contributed by atoms with Gasteiger partial charge in [-0.1, -0.05) is 32.0 Å². The van der Waals surface area contributed by atoms with Crippen LogP contribution in [0.2, 0.25) is 0 Å². The van der Waals surface area contributed by atoms with E-state index in [1.54, 1.807) is 19.5 Å². The molecule has 4 heterocycles. The lowest BCUT2D eigenvalue weighted by atomic mass is 10.1. The molecule has 10 heteroatoms. The number of methoxy groups -OCH3 is 1. The highest BCUT2D eigenvalue weighted by Gasteiger charge is 2.25. The van der Waals surface area contributed by atoms with E-state index in [0.717, 1.165) is 23.4 Å². The maximum absolute atomic E-state index is 6.45. The molecule has 9 nitrogen and oxygen atoms in total. The average molecular weight is 546 g/mol. The number of nitrogens with zero attached hydrogens (tertiary/aromatic N) is 4. The van der Waals surface area contributed by atoms with Gasteiger partial charge in [0.05, 0.1) is 20.3 Å². The number of aromatic nitrogens is 4. The van der Waals surface area contributed by atoms with E-state index in [4.69, 9.17) is 28.9 Å².